The Morgan fingerprint density at radius 1 is 1.07 bits per heavy atom. The fourth-order valence-electron chi connectivity index (χ4n) is 4.46. The van der Waals surface area contributed by atoms with Crippen LogP contribution in [0.5, 0.6) is 0 Å². The van der Waals surface area contributed by atoms with Gasteiger partial charge in [0.05, 0.1) is 0 Å². The second-order valence-electron chi connectivity index (χ2n) is 8.00. The molecule has 2 aromatic carbocycles. The Bertz CT molecular complexity index is 756. The van der Waals surface area contributed by atoms with E-state index in [1.807, 2.05) is 6.07 Å². The van der Waals surface area contributed by atoms with Gasteiger partial charge in [0.2, 0.25) is 5.91 Å². The topological polar surface area (TPSA) is 32.3 Å². The fourth-order valence-corrected chi connectivity index (χ4v) is 4.46. The van der Waals surface area contributed by atoms with E-state index >= 15 is 0 Å². The molecule has 1 atom stereocenters. The van der Waals surface area contributed by atoms with Gasteiger partial charge in [-0.1, -0.05) is 49.4 Å². The van der Waals surface area contributed by atoms with Crippen LogP contribution >= 0.6 is 0 Å². The SMILES string of the molecule is CCCN(CCCCc1ccccc1)C1CCc2c(cccc2NC(C)=O)C1. The number of nitrogens with zero attached hydrogens (tertiary/aromatic N) is 1. The number of carbonyl (C=O) groups excluding carboxylic acids is 1. The van der Waals surface area contributed by atoms with E-state index in [-0.39, 0.29) is 5.91 Å². The van der Waals surface area contributed by atoms with Crippen molar-refractivity contribution >= 4 is 11.6 Å². The third kappa shape index (κ3) is 5.68. The molecule has 0 spiro atoms. The predicted octanol–water partition coefficient (Wildman–Crippen LogP) is 5.24. The lowest BCUT2D eigenvalue weighted by Gasteiger charge is -2.36. The van der Waals surface area contributed by atoms with Crippen molar-refractivity contribution in [2.45, 2.75) is 64.8 Å². The highest BCUT2D eigenvalue weighted by molar-refractivity contribution is 5.89. The Kier molecular flexibility index (Phi) is 7.67. The van der Waals surface area contributed by atoms with Crippen molar-refractivity contribution in [3.63, 3.8) is 0 Å². The third-order valence-electron chi connectivity index (χ3n) is 5.80. The summed E-state index contributed by atoms with van der Waals surface area (Å²) in [6.45, 7) is 6.23. The molecule has 1 aliphatic carbocycles. The average Bonchev–Trinajstić information content (AvgIpc) is 2.70. The minimum absolute atomic E-state index is 0.0153. The van der Waals surface area contributed by atoms with Gasteiger partial charge in [0.25, 0.3) is 0 Å². The van der Waals surface area contributed by atoms with Gasteiger partial charge in [0.15, 0.2) is 0 Å². The van der Waals surface area contributed by atoms with Crippen LogP contribution in [0.15, 0.2) is 48.5 Å². The van der Waals surface area contributed by atoms with Gasteiger partial charge in [0.1, 0.15) is 0 Å². The molecule has 0 bridgehead atoms. The van der Waals surface area contributed by atoms with E-state index in [1.165, 1.54) is 61.9 Å². The van der Waals surface area contributed by atoms with Crippen molar-refractivity contribution in [3.8, 4) is 0 Å². The van der Waals surface area contributed by atoms with Gasteiger partial charge in [-0.05, 0) is 80.8 Å². The third-order valence-corrected chi connectivity index (χ3v) is 5.80. The van der Waals surface area contributed by atoms with Gasteiger partial charge in [-0.25, -0.2) is 0 Å². The molecule has 2 aromatic rings. The molecule has 0 aromatic heterocycles. The summed E-state index contributed by atoms with van der Waals surface area (Å²) in [7, 11) is 0. The smallest absolute Gasteiger partial charge is 0.221 e. The molecule has 0 fully saturated rings. The molecular weight excluding hydrogens is 344 g/mol. The number of aryl methyl sites for hydroxylation is 1. The molecule has 0 saturated heterocycles. The lowest BCUT2D eigenvalue weighted by Crippen LogP contribution is -2.40. The minimum atomic E-state index is 0.0153. The maximum absolute atomic E-state index is 11.5. The Labute approximate surface area is 170 Å². The van der Waals surface area contributed by atoms with Crippen LogP contribution in [0.2, 0.25) is 0 Å². The Morgan fingerprint density at radius 2 is 1.89 bits per heavy atom. The van der Waals surface area contributed by atoms with E-state index in [9.17, 15) is 4.79 Å². The van der Waals surface area contributed by atoms with Crippen molar-refractivity contribution in [3.05, 3.63) is 65.2 Å². The summed E-state index contributed by atoms with van der Waals surface area (Å²) in [6.07, 6.45) is 8.22. The number of anilines is 1. The summed E-state index contributed by atoms with van der Waals surface area (Å²) < 4.78 is 0. The first-order valence-corrected chi connectivity index (χ1v) is 10.8. The van der Waals surface area contributed by atoms with Crippen LogP contribution in [0, 0.1) is 0 Å². The average molecular weight is 379 g/mol. The molecule has 3 heteroatoms. The number of benzene rings is 2. The monoisotopic (exact) mass is 378 g/mol. The van der Waals surface area contributed by atoms with E-state index in [0.717, 1.165) is 18.5 Å². The van der Waals surface area contributed by atoms with Crippen molar-refractivity contribution in [2.75, 3.05) is 18.4 Å². The predicted molar refractivity (Wildman–Crippen MR) is 118 cm³/mol. The molecule has 3 rings (SSSR count). The summed E-state index contributed by atoms with van der Waals surface area (Å²) in [4.78, 5) is 14.2. The fraction of sp³-hybridized carbons (Fsp3) is 0.480. The second kappa shape index (κ2) is 10.4. The lowest BCUT2D eigenvalue weighted by molar-refractivity contribution is -0.114. The van der Waals surface area contributed by atoms with E-state index in [4.69, 9.17) is 0 Å². The first-order valence-electron chi connectivity index (χ1n) is 10.8. The molecule has 0 aliphatic heterocycles. The Morgan fingerprint density at radius 3 is 2.64 bits per heavy atom. The number of hydrogen-bond donors (Lipinski definition) is 1. The molecule has 1 aliphatic rings. The highest BCUT2D eigenvalue weighted by Crippen LogP contribution is 2.30. The number of amides is 1. The first kappa shape index (κ1) is 20.6. The summed E-state index contributed by atoms with van der Waals surface area (Å²) in [5, 5.41) is 3.01. The van der Waals surface area contributed by atoms with E-state index in [2.05, 4.69) is 59.6 Å². The first-order chi connectivity index (χ1) is 13.7. The van der Waals surface area contributed by atoms with Crippen molar-refractivity contribution in [1.82, 2.24) is 4.90 Å². The largest absolute Gasteiger partial charge is 0.326 e. The van der Waals surface area contributed by atoms with Gasteiger partial charge < -0.3 is 10.2 Å². The van der Waals surface area contributed by atoms with Gasteiger partial charge in [-0.3, -0.25) is 4.79 Å². The van der Waals surface area contributed by atoms with Crippen LogP contribution in [-0.2, 0) is 24.1 Å². The quantitative estimate of drug-likeness (QED) is 0.605. The Balaban J connectivity index is 1.56. The van der Waals surface area contributed by atoms with Crippen LogP contribution in [0.4, 0.5) is 5.69 Å². The van der Waals surface area contributed by atoms with Crippen molar-refractivity contribution in [2.24, 2.45) is 0 Å². The lowest BCUT2D eigenvalue weighted by atomic mass is 9.86. The van der Waals surface area contributed by atoms with Crippen LogP contribution in [0.1, 0.15) is 56.2 Å². The van der Waals surface area contributed by atoms with Crippen LogP contribution in [0.3, 0.4) is 0 Å². The zero-order chi connectivity index (χ0) is 19.8. The Hall–Kier alpha value is -2.13. The molecule has 150 valence electrons. The molecular formula is C25H34N2O. The van der Waals surface area contributed by atoms with Crippen LogP contribution in [0.25, 0.3) is 0 Å². The number of hydrogen-bond acceptors (Lipinski definition) is 2. The zero-order valence-electron chi connectivity index (χ0n) is 17.4. The van der Waals surface area contributed by atoms with E-state index in [1.54, 1.807) is 6.92 Å². The number of nitrogens with one attached hydrogen (secondary N) is 1. The molecule has 1 amide bonds. The van der Waals surface area contributed by atoms with Crippen molar-refractivity contribution in [1.29, 1.82) is 0 Å². The van der Waals surface area contributed by atoms with Gasteiger partial charge in [-0.15, -0.1) is 0 Å². The second-order valence-corrected chi connectivity index (χ2v) is 8.00. The molecule has 0 heterocycles. The normalized spacial score (nSPS) is 16.0. The summed E-state index contributed by atoms with van der Waals surface area (Å²) in [5.74, 6) is 0.0153. The molecule has 28 heavy (non-hydrogen) atoms. The maximum atomic E-state index is 11.5. The summed E-state index contributed by atoms with van der Waals surface area (Å²) in [6, 6.07) is 17.8. The van der Waals surface area contributed by atoms with Gasteiger partial charge >= 0.3 is 0 Å². The molecule has 1 N–H and O–H groups in total. The molecule has 3 nitrogen and oxygen atoms in total. The van der Waals surface area contributed by atoms with Crippen LogP contribution in [-0.4, -0.2) is 29.9 Å². The highest BCUT2D eigenvalue weighted by Gasteiger charge is 2.25. The number of rotatable bonds is 9. The molecule has 1 unspecified atom stereocenters. The number of carbonyl (C=O) groups is 1. The summed E-state index contributed by atoms with van der Waals surface area (Å²) in [5.41, 5.74) is 5.21. The van der Waals surface area contributed by atoms with Crippen LogP contribution < -0.4 is 5.32 Å². The number of fused-ring (bicyclic) bond motifs is 1. The molecule has 0 saturated carbocycles. The highest BCUT2D eigenvalue weighted by atomic mass is 16.1. The molecule has 0 radical (unpaired) electrons. The van der Waals surface area contributed by atoms with E-state index < -0.39 is 0 Å². The standard InChI is InChI=1S/C25H34N2O/c1-3-17-27(18-8-7-12-21-10-5-4-6-11-21)23-15-16-24-22(19-23)13-9-14-25(24)26-20(2)28/h4-6,9-11,13-14,23H,3,7-8,12,15-19H2,1-2H3,(H,26,28). The zero-order valence-corrected chi connectivity index (χ0v) is 17.4. The maximum Gasteiger partial charge on any atom is 0.221 e. The summed E-state index contributed by atoms with van der Waals surface area (Å²) >= 11 is 0. The van der Waals surface area contributed by atoms with Gasteiger partial charge in [-0.2, -0.15) is 0 Å². The van der Waals surface area contributed by atoms with Crippen molar-refractivity contribution < 1.29 is 4.79 Å². The van der Waals surface area contributed by atoms with Gasteiger partial charge in [0, 0.05) is 18.7 Å². The minimum Gasteiger partial charge on any atom is -0.326 e. The number of unbranched alkanes of at least 4 members (excludes halogenated alkanes) is 1. The van der Waals surface area contributed by atoms with E-state index in [0.29, 0.717) is 6.04 Å².